The van der Waals surface area contributed by atoms with Crippen molar-refractivity contribution in [2.24, 2.45) is 0 Å². The van der Waals surface area contributed by atoms with Crippen molar-refractivity contribution in [1.82, 2.24) is 10.2 Å². The molecule has 0 saturated carbocycles. The molecule has 4 heteroatoms. The molecule has 0 aliphatic carbocycles. The highest BCUT2D eigenvalue weighted by Gasteiger charge is 2.15. The maximum absolute atomic E-state index is 5.59. The van der Waals surface area contributed by atoms with Gasteiger partial charge in [-0.15, -0.1) is 0 Å². The van der Waals surface area contributed by atoms with Crippen molar-refractivity contribution in [3.8, 4) is 0 Å². The van der Waals surface area contributed by atoms with Gasteiger partial charge in [0.2, 0.25) is 0 Å². The van der Waals surface area contributed by atoms with Gasteiger partial charge in [0.1, 0.15) is 0 Å². The third kappa shape index (κ3) is 6.09. The van der Waals surface area contributed by atoms with E-state index in [1.807, 2.05) is 11.8 Å². The summed E-state index contributed by atoms with van der Waals surface area (Å²) in [6.07, 6.45) is 6.36. The van der Waals surface area contributed by atoms with E-state index >= 15 is 0 Å². The molecular weight excluding hydrogens is 232 g/mol. The summed E-state index contributed by atoms with van der Waals surface area (Å²) in [6, 6.07) is 0.717. The molecule has 0 radical (unpaired) electrons. The highest BCUT2D eigenvalue weighted by molar-refractivity contribution is 7.98. The topological polar surface area (TPSA) is 24.5 Å². The Bertz CT molecular complexity index is 186. The van der Waals surface area contributed by atoms with E-state index < -0.39 is 0 Å². The summed E-state index contributed by atoms with van der Waals surface area (Å²) < 4.78 is 5.59. The molecule has 2 atom stereocenters. The van der Waals surface area contributed by atoms with Gasteiger partial charge >= 0.3 is 0 Å². The summed E-state index contributed by atoms with van der Waals surface area (Å²) >= 11 is 1.94. The van der Waals surface area contributed by atoms with Crippen molar-refractivity contribution in [3.63, 3.8) is 0 Å². The van der Waals surface area contributed by atoms with Crippen LogP contribution < -0.4 is 5.32 Å². The number of ether oxygens (including phenoxy) is 1. The average molecular weight is 260 g/mol. The van der Waals surface area contributed by atoms with E-state index in [4.69, 9.17) is 4.74 Å². The predicted molar refractivity (Wildman–Crippen MR) is 76.9 cm³/mol. The molecule has 1 N–H and O–H groups in total. The number of nitrogens with zero attached hydrogens (tertiary/aromatic N) is 1. The van der Waals surface area contributed by atoms with Crippen molar-refractivity contribution >= 4 is 11.8 Å². The molecule has 1 aliphatic heterocycles. The molecule has 0 amide bonds. The fraction of sp³-hybridized carbons (Fsp3) is 1.00. The van der Waals surface area contributed by atoms with Crippen LogP contribution in [0.25, 0.3) is 0 Å². The Morgan fingerprint density at radius 3 is 2.94 bits per heavy atom. The number of likely N-dealkylation sites (N-methyl/N-ethyl adjacent to an activating group) is 1. The molecule has 3 nitrogen and oxygen atoms in total. The quantitative estimate of drug-likeness (QED) is 0.639. The summed E-state index contributed by atoms with van der Waals surface area (Å²) in [7, 11) is 2.23. The van der Waals surface area contributed by atoms with Gasteiger partial charge in [-0.1, -0.05) is 6.92 Å². The molecule has 1 rings (SSSR count). The smallest absolute Gasteiger partial charge is 0.0700 e. The number of nitrogens with one attached hydrogen (secondary N) is 1. The van der Waals surface area contributed by atoms with Crippen molar-refractivity contribution in [1.29, 1.82) is 0 Å². The molecule has 2 unspecified atom stereocenters. The zero-order valence-electron chi connectivity index (χ0n) is 11.6. The molecule has 0 aromatic carbocycles. The minimum absolute atomic E-state index is 0.466. The highest BCUT2D eigenvalue weighted by Crippen LogP contribution is 2.10. The molecule has 102 valence electrons. The standard InChI is InChI=1S/C13H28N2OS/c1-4-12(11-17-3)15(2)8-7-14-10-13-6-5-9-16-13/h12-14H,4-11H2,1-3H3. The maximum atomic E-state index is 5.59. The van der Waals surface area contributed by atoms with E-state index in [0.29, 0.717) is 6.10 Å². The lowest BCUT2D eigenvalue weighted by atomic mass is 10.2. The molecule has 17 heavy (non-hydrogen) atoms. The molecule has 0 bridgehead atoms. The molecule has 1 fully saturated rings. The third-order valence-corrected chi connectivity index (χ3v) is 4.21. The Morgan fingerprint density at radius 1 is 1.53 bits per heavy atom. The number of hydrogen-bond acceptors (Lipinski definition) is 4. The third-order valence-electron chi connectivity index (χ3n) is 3.49. The molecule has 0 aromatic heterocycles. The van der Waals surface area contributed by atoms with Crippen molar-refractivity contribution in [2.45, 2.75) is 38.3 Å². The van der Waals surface area contributed by atoms with Gasteiger partial charge in [-0.05, 0) is 32.6 Å². The van der Waals surface area contributed by atoms with Gasteiger partial charge < -0.3 is 15.0 Å². The normalized spacial score (nSPS) is 22.2. The first-order valence-corrected chi connectivity index (χ1v) is 8.18. The average Bonchev–Trinajstić information content (AvgIpc) is 2.84. The Kier molecular flexibility index (Phi) is 8.27. The number of thioether (sulfide) groups is 1. The van der Waals surface area contributed by atoms with Crippen molar-refractivity contribution in [3.05, 3.63) is 0 Å². The first kappa shape index (κ1) is 15.3. The van der Waals surface area contributed by atoms with Crippen LogP contribution in [0.3, 0.4) is 0 Å². The first-order valence-electron chi connectivity index (χ1n) is 6.79. The van der Waals surface area contributed by atoms with Gasteiger partial charge in [-0.3, -0.25) is 0 Å². The second-order valence-corrected chi connectivity index (χ2v) is 5.75. The van der Waals surface area contributed by atoms with Gasteiger partial charge in [-0.2, -0.15) is 11.8 Å². The van der Waals surface area contributed by atoms with E-state index in [1.165, 1.54) is 25.0 Å². The summed E-state index contributed by atoms with van der Waals surface area (Å²) in [5.74, 6) is 1.23. The van der Waals surface area contributed by atoms with E-state index in [1.54, 1.807) is 0 Å². The monoisotopic (exact) mass is 260 g/mol. The predicted octanol–water partition coefficient (Wildman–Crippen LogP) is 1.83. The van der Waals surface area contributed by atoms with E-state index in [2.05, 4.69) is 30.4 Å². The highest BCUT2D eigenvalue weighted by atomic mass is 32.2. The molecular formula is C13H28N2OS. The van der Waals surface area contributed by atoms with Gasteiger partial charge in [0.15, 0.2) is 0 Å². The van der Waals surface area contributed by atoms with E-state index in [0.717, 1.165) is 32.3 Å². The van der Waals surface area contributed by atoms with Crippen LogP contribution >= 0.6 is 11.8 Å². The van der Waals surface area contributed by atoms with Crippen molar-refractivity contribution < 1.29 is 4.74 Å². The molecule has 1 heterocycles. The second kappa shape index (κ2) is 9.20. The van der Waals surface area contributed by atoms with Crippen LogP contribution in [0.15, 0.2) is 0 Å². The summed E-state index contributed by atoms with van der Waals surface area (Å²) in [4.78, 5) is 2.47. The fourth-order valence-corrected chi connectivity index (χ4v) is 3.13. The SMILES string of the molecule is CCC(CSC)N(C)CCNCC1CCCO1. The lowest BCUT2D eigenvalue weighted by Crippen LogP contribution is -2.39. The van der Waals surface area contributed by atoms with E-state index in [-0.39, 0.29) is 0 Å². The Balaban J connectivity index is 2.03. The minimum atomic E-state index is 0.466. The zero-order valence-corrected chi connectivity index (χ0v) is 12.4. The maximum Gasteiger partial charge on any atom is 0.0700 e. The minimum Gasteiger partial charge on any atom is -0.377 e. The van der Waals surface area contributed by atoms with Crippen LogP contribution in [0.2, 0.25) is 0 Å². The largest absolute Gasteiger partial charge is 0.377 e. The number of rotatable bonds is 9. The van der Waals surface area contributed by atoms with Crippen LogP contribution in [0, 0.1) is 0 Å². The lowest BCUT2D eigenvalue weighted by molar-refractivity contribution is 0.109. The zero-order chi connectivity index (χ0) is 12.5. The second-order valence-electron chi connectivity index (χ2n) is 4.84. The molecule has 1 aliphatic rings. The summed E-state index contributed by atoms with van der Waals surface area (Å²) in [5.41, 5.74) is 0. The Labute approximate surface area is 111 Å². The van der Waals surface area contributed by atoms with Crippen LogP contribution in [0.4, 0.5) is 0 Å². The first-order chi connectivity index (χ1) is 8.27. The number of hydrogen-bond donors (Lipinski definition) is 1. The Hall–Kier alpha value is 0.230. The van der Waals surface area contributed by atoms with Gasteiger partial charge in [0.25, 0.3) is 0 Å². The van der Waals surface area contributed by atoms with Crippen LogP contribution in [0.1, 0.15) is 26.2 Å². The van der Waals surface area contributed by atoms with Crippen LogP contribution in [0.5, 0.6) is 0 Å². The molecule has 1 saturated heterocycles. The summed E-state index contributed by atoms with van der Waals surface area (Å²) in [5, 5.41) is 3.51. The Morgan fingerprint density at radius 2 is 2.35 bits per heavy atom. The molecule has 0 spiro atoms. The van der Waals surface area contributed by atoms with Gasteiger partial charge in [0, 0.05) is 38.0 Å². The van der Waals surface area contributed by atoms with Gasteiger partial charge in [-0.25, -0.2) is 0 Å². The van der Waals surface area contributed by atoms with Crippen molar-refractivity contribution in [2.75, 3.05) is 45.3 Å². The fourth-order valence-electron chi connectivity index (χ4n) is 2.26. The lowest BCUT2D eigenvalue weighted by Gasteiger charge is -2.26. The van der Waals surface area contributed by atoms with E-state index in [9.17, 15) is 0 Å². The summed E-state index contributed by atoms with van der Waals surface area (Å²) in [6.45, 7) is 6.45. The van der Waals surface area contributed by atoms with Gasteiger partial charge in [0.05, 0.1) is 6.10 Å². The van der Waals surface area contributed by atoms with Crippen LogP contribution in [-0.4, -0.2) is 62.3 Å². The van der Waals surface area contributed by atoms with Crippen LogP contribution in [-0.2, 0) is 4.74 Å². The molecule has 0 aromatic rings.